The molecule has 0 atom stereocenters. The third-order valence-electron chi connectivity index (χ3n) is 3.65. The van der Waals surface area contributed by atoms with Crippen LogP contribution in [-0.4, -0.2) is 22.3 Å². The van der Waals surface area contributed by atoms with Gasteiger partial charge in [-0.05, 0) is 35.0 Å². The van der Waals surface area contributed by atoms with Crippen molar-refractivity contribution in [2.24, 2.45) is 0 Å². The molecule has 6 nitrogen and oxygen atoms in total. The summed E-state index contributed by atoms with van der Waals surface area (Å²) < 4.78 is 0. The van der Waals surface area contributed by atoms with Gasteiger partial charge in [0.05, 0.1) is 11.5 Å². The molecule has 0 fully saturated rings. The molecule has 0 aliphatic rings. The number of nitrogens with one attached hydrogen (secondary N) is 1. The number of hydrogen-bond donors (Lipinski definition) is 1. The summed E-state index contributed by atoms with van der Waals surface area (Å²) in [6.07, 6.45) is 0. The van der Waals surface area contributed by atoms with E-state index in [4.69, 9.17) is 0 Å². The predicted molar refractivity (Wildman–Crippen MR) is 104 cm³/mol. The van der Waals surface area contributed by atoms with Crippen LogP contribution in [0.2, 0.25) is 0 Å². The van der Waals surface area contributed by atoms with Gasteiger partial charge in [0.15, 0.2) is 0 Å². The molecule has 1 N–H and O–H groups in total. The van der Waals surface area contributed by atoms with E-state index in [1.807, 2.05) is 22.9 Å². The van der Waals surface area contributed by atoms with Gasteiger partial charge in [0, 0.05) is 40.7 Å². The molecule has 0 saturated heterocycles. The quantitative estimate of drug-likeness (QED) is 0.460. The number of anilines is 1. The Hall–Kier alpha value is -2.55. The minimum Gasteiger partial charge on any atom is -0.325 e. The molecular formula is C18H17N3O3S2. The van der Waals surface area contributed by atoms with E-state index in [1.165, 1.54) is 21.9 Å². The van der Waals surface area contributed by atoms with E-state index in [1.54, 1.807) is 34.8 Å². The van der Waals surface area contributed by atoms with Crippen molar-refractivity contribution in [3.05, 3.63) is 79.2 Å². The molecule has 0 saturated carbocycles. The topological polar surface area (TPSA) is 75.5 Å². The highest BCUT2D eigenvalue weighted by molar-refractivity contribution is 7.10. The van der Waals surface area contributed by atoms with Crippen molar-refractivity contribution in [2.45, 2.75) is 13.1 Å². The number of hydrogen-bond acceptors (Lipinski definition) is 6. The van der Waals surface area contributed by atoms with Crippen LogP contribution in [-0.2, 0) is 17.9 Å². The lowest BCUT2D eigenvalue weighted by molar-refractivity contribution is -0.384. The minimum absolute atomic E-state index is 0.0000151. The Morgan fingerprint density at radius 2 is 1.58 bits per heavy atom. The first-order valence-corrected chi connectivity index (χ1v) is 9.67. The fourth-order valence-corrected chi connectivity index (χ4v) is 3.98. The van der Waals surface area contributed by atoms with Crippen LogP contribution in [0.4, 0.5) is 11.4 Å². The van der Waals surface area contributed by atoms with Crippen LogP contribution < -0.4 is 5.32 Å². The lowest BCUT2D eigenvalue weighted by atomic mass is 10.3. The fraction of sp³-hybridized carbons (Fsp3) is 0.167. The summed E-state index contributed by atoms with van der Waals surface area (Å²) in [6, 6.07) is 14.0. The SMILES string of the molecule is O=C(CN(Cc1cccs1)Cc1cccs1)Nc1ccc([N+](=O)[O-])cc1. The van der Waals surface area contributed by atoms with Gasteiger partial charge >= 0.3 is 0 Å². The van der Waals surface area contributed by atoms with Gasteiger partial charge in [0.2, 0.25) is 5.91 Å². The zero-order valence-electron chi connectivity index (χ0n) is 13.8. The van der Waals surface area contributed by atoms with Crippen molar-refractivity contribution in [3.8, 4) is 0 Å². The lowest BCUT2D eigenvalue weighted by Crippen LogP contribution is -2.32. The third-order valence-corrected chi connectivity index (χ3v) is 5.37. The zero-order valence-corrected chi connectivity index (χ0v) is 15.5. The summed E-state index contributed by atoms with van der Waals surface area (Å²) in [5, 5.41) is 17.5. The Labute approximate surface area is 158 Å². The number of carbonyl (C=O) groups is 1. The van der Waals surface area contributed by atoms with Crippen LogP contribution >= 0.6 is 22.7 Å². The predicted octanol–water partition coefficient (Wildman–Crippen LogP) is 4.36. The Bertz CT molecular complexity index is 810. The van der Waals surface area contributed by atoms with Crippen molar-refractivity contribution >= 4 is 40.0 Å². The highest BCUT2D eigenvalue weighted by Crippen LogP contribution is 2.18. The smallest absolute Gasteiger partial charge is 0.269 e. The average Bonchev–Trinajstić information content (AvgIpc) is 3.29. The van der Waals surface area contributed by atoms with Crippen LogP contribution in [0.25, 0.3) is 0 Å². The second kappa shape index (κ2) is 8.70. The molecular weight excluding hydrogens is 370 g/mol. The normalized spacial score (nSPS) is 10.8. The highest BCUT2D eigenvalue weighted by Gasteiger charge is 2.14. The molecule has 0 spiro atoms. The summed E-state index contributed by atoms with van der Waals surface area (Å²) in [5.41, 5.74) is 0.549. The molecule has 1 aromatic carbocycles. The number of nitrogens with zero attached hydrogens (tertiary/aromatic N) is 2. The molecule has 3 aromatic rings. The summed E-state index contributed by atoms with van der Waals surface area (Å²) in [6.45, 7) is 1.64. The van der Waals surface area contributed by atoms with Gasteiger partial charge in [-0.2, -0.15) is 0 Å². The minimum atomic E-state index is -0.463. The van der Waals surface area contributed by atoms with Crippen LogP contribution in [0.3, 0.4) is 0 Å². The summed E-state index contributed by atoms with van der Waals surface area (Å²) in [7, 11) is 0. The maximum atomic E-state index is 12.4. The van der Waals surface area contributed by atoms with E-state index < -0.39 is 4.92 Å². The van der Waals surface area contributed by atoms with Gasteiger partial charge in [0.25, 0.3) is 5.69 Å². The van der Waals surface area contributed by atoms with Crippen molar-refractivity contribution in [3.63, 3.8) is 0 Å². The standard InChI is InChI=1S/C18H17N3O3S2/c22-18(19-14-5-7-15(8-6-14)21(23)24)13-20(11-16-3-1-9-25-16)12-17-4-2-10-26-17/h1-10H,11-13H2,(H,19,22). The van der Waals surface area contributed by atoms with Crippen molar-refractivity contribution < 1.29 is 9.72 Å². The molecule has 0 aliphatic carbocycles. The molecule has 3 rings (SSSR count). The van der Waals surface area contributed by atoms with E-state index in [9.17, 15) is 14.9 Å². The average molecular weight is 387 g/mol. The Morgan fingerprint density at radius 1 is 1.00 bits per heavy atom. The second-order valence-corrected chi connectivity index (χ2v) is 7.72. The van der Waals surface area contributed by atoms with Crippen LogP contribution in [0.15, 0.2) is 59.3 Å². The highest BCUT2D eigenvalue weighted by atomic mass is 32.1. The summed E-state index contributed by atoms with van der Waals surface area (Å²) in [5.74, 6) is -0.146. The Kier molecular flexibility index (Phi) is 6.11. The first kappa shape index (κ1) is 18.2. The number of thiophene rings is 2. The monoisotopic (exact) mass is 387 g/mol. The molecule has 1 amide bonds. The Morgan fingerprint density at radius 3 is 2.04 bits per heavy atom. The molecule has 0 bridgehead atoms. The van der Waals surface area contributed by atoms with Crippen LogP contribution in [0.1, 0.15) is 9.75 Å². The zero-order chi connectivity index (χ0) is 18.4. The van der Waals surface area contributed by atoms with Crippen molar-refractivity contribution in [1.29, 1.82) is 0 Å². The van der Waals surface area contributed by atoms with Gasteiger partial charge in [0.1, 0.15) is 0 Å². The van der Waals surface area contributed by atoms with E-state index in [0.29, 0.717) is 18.8 Å². The number of nitro groups is 1. The van der Waals surface area contributed by atoms with Crippen molar-refractivity contribution in [2.75, 3.05) is 11.9 Å². The van der Waals surface area contributed by atoms with E-state index in [0.717, 1.165) is 0 Å². The molecule has 26 heavy (non-hydrogen) atoms. The molecule has 2 heterocycles. The van der Waals surface area contributed by atoms with Crippen LogP contribution in [0.5, 0.6) is 0 Å². The molecule has 8 heteroatoms. The van der Waals surface area contributed by atoms with Crippen LogP contribution in [0, 0.1) is 10.1 Å². The number of amides is 1. The molecule has 2 aromatic heterocycles. The molecule has 0 unspecified atom stereocenters. The van der Waals surface area contributed by atoms with Gasteiger partial charge < -0.3 is 5.32 Å². The second-order valence-electron chi connectivity index (χ2n) is 5.66. The summed E-state index contributed by atoms with van der Waals surface area (Å²) in [4.78, 5) is 27.1. The molecule has 134 valence electrons. The van der Waals surface area contributed by atoms with E-state index >= 15 is 0 Å². The first-order valence-electron chi connectivity index (χ1n) is 7.91. The Balaban J connectivity index is 1.63. The van der Waals surface area contributed by atoms with E-state index in [2.05, 4.69) is 22.3 Å². The van der Waals surface area contributed by atoms with Gasteiger partial charge in [-0.3, -0.25) is 19.8 Å². The number of non-ortho nitro benzene ring substituents is 1. The molecule has 0 aliphatic heterocycles. The number of rotatable bonds is 8. The first-order chi connectivity index (χ1) is 12.6. The maximum Gasteiger partial charge on any atom is 0.269 e. The number of carbonyl (C=O) groups excluding carboxylic acids is 1. The molecule has 0 radical (unpaired) electrons. The largest absolute Gasteiger partial charge is 0.325 e. The maximum absolute atomic E-state index is 12.4. The number of benzene rings is 1. The van der Waals surface area contributed by atoms with E-state index in [-0.39, 0.29) is 18.1 Å². The van der Waals surface area contributed by atoms with Crippen molar-refractivity contribution in [1.82, 2.24) is 4.90 Å². The third kappa shape index (κ3) is 5.22. The lowest BCUT2D eigenvalue weighted by Gasteiger charge is -2.20. The summed E-state index contributed by atoms with van der Waals surface area (Å²) >= 11 is 3.33. The van der Waals surface area contributed by atoms with Gasteiger partial charge in [-0.1, -0.05) is 12.1 Å². The van der Waals surface area contributed by atoms with Gasteiger partial charge in [-0.25, -0.2) is 0 Å². The fourth-order valence-electron chi connectivity index (χ4n) is 2.48. The van der Waals surface area contributed by atoms with Gasteiger partial charge in [-0.15, -0.1) is 22.7 Å². The number of nitro benzene ring substituents is 1.